The standard InChI is InChI=1S/C51H54O28/c52-16-33-39(62)42(65)45(68)51(77-33)76-32-15-23-29(13-22(53)14-30(23)74-49-46(69)43(66)40(63)34(78-49)17-71-36(59)7-3-19-1-5-24(54)26(56)9-19)73-48(32)21-11-28(58)38(61)31(12-21)75-50-47(70)44(67)41(64)35(79-50)18-72-37(60)8-4-20-2-6-25(55)27(57)10-20/h1-15,33-35,39-58,61-70H,16-18H2/p+1. The first-order valence-electron chi connectivity index (χ1n) is 23.8. The first-order valence-corrected chi connectivity index (χ1v) is 23.8. The molecule has 8 rings (SSSR count). The highest BCUT2D eigenvalue weighted by Crippen LogP contribution is 2.49. The highest BCUT2D eigenvalue weighted by Gasteiger charge is 2.50. The van der Waals surface area contributed by atoms with Crippen LogP contribution in [0.1, 0.15) is 28.4 Å². The molecular formula is C51H55O28+. The number of rotatable bonds is 16. The maximum atomic E-state index is 12.6. The number of fused-ring (bicyclic) bond motifs is 1. The van der Waals surface area contributed by atoms with Crippen LogP contribution in [-0.2, 0) is 38.0 Å². The smallest absolute Gasteiger partial charge is 0.330 e. The molecule has 3 fully saturated rings. The quantitative estimate of drug-likeness (QED) is 0.0242. The third-order valence-electron chi connectivity index (χ3n) is 12.8. The maximum absolute atomic E-state index is 12.6. The minimum absolute atomic E-state index is 0.119. The molecular weight excluding hydrogens is 1060 g/mol. The van der Waals surface area contributed by atoms with Crippen LogP contribution in [0.15, 0.2) is 78.6 Å². The molecule has 16 atom stereocenters. The summed E-state index contributed by atoms with van der Waals surface area (Å²) in [6.07, 6.45) is -24.3. The Hall–Kier alpha value is -7.68. The van der Waals surface area contributed by atoms with E-state index in [2.05, 4.69) is 4.74 Å². The van der Waals surface area contributed by atoms with Crippen molar-refractivity contribution >= 4 is 30.2 Å². The fourth-order valence-electron chi connectivity index (χ4n) is 8.46. The Balaban J connectivity index is 1.05. The predicted octanol–water partition coefficient (Wildman–Crippen LogP) is -2.33. The van der Waals surface area contributed by atoms with E-state index in [1.165, 1.54) is 36.4 Å². The second-order valence-corrected chi connectivity index (χ2v) is 18.3. The monoisotopic (exact) mass is 1120 g/mol. The van der Waals surface area contributed by atoms with Crippen LogP contribution in [0.2, 0.25) is 0 Å². The largest absolute Gasteiger partial charge is 0.571 e. The zero-order valence-electron chi connectivity index (χ0n) is 40.7. The Morgan fingerprint density at radius 3 is 1.47 bits per heavy atom. The molecule has 0 radical (unpaired) electrons. The number of esters is 2. The van der Waals surface area contributed by atoms with Gasteiger partial charge in [-0.25, -0.2) is 9.59 Å². The molecule has 16 unspecified atom stereocenters. The lowest BCUT2D eigenvalue weighted by atomic mass is 9.98. The lowest BCUT2D eigenvalue weighted by Gasteiger charge is -2.41. The number of carbonyl (C=O) groups excluding carboxylic acids is 2. The molecule has 426 valence electrons. The molecule has 28 nitrogen and oxygen atoms in total. The average molecular weight is 1120 g/mol. The number of phenolic OH excluding ortho intramolecular Hbond substituents is 7. The third-order valence-corrected chi connectivity index (χ3v) is 12.8. The summed E-state index contributed by atoms with van der Waals surface area (Å²) < 4.78 is 49.7. The van der Waals surface area contributed by atoms with Gasteiger partial charge in [0, 0.05) is 24.3 Å². The van der Waals surface area contributed by atoms with Gasteiger partial charge in [-0.05, 0) is 59.7 Å². The van der Waals surface area contributed by atoms with Crippen LogP contribution in [0.25, 0.3) is 18.2 Å². The Kier molecular flexibility index (Phi) is 17.6. The lowest BCUT2D eigenvalue weighted by molar-refractivity contribution is -0.295. The van der Waals surface area contributed by atoms with Gasteiger partial charge in [-0.2, -0.15) is 0 Å². The minimum atomic E-state index is -2.08. The molecule has 4 aromatic carbocycles. The van der Waals surface area contributed by atoms with Crippen LogP contribution in [0, 0.1) is 0 Å². The van der Waals surface area contributed by atoms with Gasteiger partial charge >= 0.3 is 11.9 Å². The normalized spacial score (nSPS) is 30.7. The summed E-state index contributed by atoms with van der Waals surface area (Å²) in [5.74, 6) is -7.82. The number of aromatic hydroxyl groups is 8. The van der Waals surface area contributed by atoms with Crippen LogP contribution in [0.4, 0.5) is 0 Å². The summed E-state index contributed by atoms with van der Waals surface area (Å²) in [7, 11) is 0. The number of ether oxygens (including phenoxy) is 9. The summed E-state index contributed by atoms with van der Waals surface area (Å²) in [5.41, 5.74) is 0.281. The molecule has 3 saturated heterocycles. The molecule has 0 aliphatic carbocycles. The van der Waals surface area contributed by atoms with Gasteiger partial charge in [-0.15, -0.1) is 0 Å². The van der Waals surface area contributed by atoms with Gasteiger partial charge in [0.25, 0.3) is 11.9 Å². The average Bonchev–Trinajstić information content (AvgIpc) is 3.44. The highest BCUT2D eigenvalue weighted by molar-refractivity contribution is 5.87. The first kappa shape index (κ1) is 57.5. The van der Waals surface area contributed by atoms with Crippen molar-refractivity contribution in [2.24, 2.45) is 0 Å². The molecule has 0 aromatic heterocycles. The van der Waals surface area contributed by atoms with Crippen LogP contribution < -0.4 is 9.47 Å². The summed E-state index contributed by atoms with van der Waals surface area (Å²) in [6.45, 7) is -2.37. The van der Waals surface area contributed by atoms with Gasteiger partial charge in [0.05, 0.1) is 18.2 Å². The number of benzene rings is 4. The Morgan fingerprint density at radius 1 is 0.506 bits per heavy atom. The Bertz CT molecular complexity index is 2940. The van der Waals surface area contributed by atoms with Crippen molar-refractivity contribution in [3.8, 4) is 57.5 Å². The van der Waals surface area contributed by atoms with Crippen LogP contribution in [-0.4, -0.2) is 215 Å². The second-order valence-electron chi connectivity index (χ2n) is 18.3. The molecule has 79 heavy (non-hydrogen) atoms. The molecule has 0 spiro atoms. The van der Waals surface area contributed by atoms with E-state index in [0.29, 0.717) is 5.56 Å². The maximum Gasteiger partial charge on any atom is 0.330 e. The van der Waals surface area contributed by atoms with Crippen molar-refractivity contribution in [1.29, 1.82) is 0 Å². The van der Waals surface area contributed by atoms with Crippen molar-refractivity contribution in [3.05, 3.63) is 101 Å². The number of hydrogen-bond acceptors (Lipinski definition) is 27. The van der Waals surface area contributed by atoms with Gasteiger partial charge in [0.15, 0.2) is 40.3 Å². The molecule has 4 aromatic rings. The van der Waals surface area contributed by atoms with Gasteiger partial charge in [0.2, 0.25) is 24.6 Å². The van der Waals surface area contributed by atoms with Crippen molar-refractivity contribution in [2.45, 2.75) is 98.2 Å². The molecule has 28 heteroatoms. The van der Waals surface area contributed by atoms with E-state index in [-0.39, 0.29) is 28.2 Å². The van der Waals surface area contributed by atoms with E-state index in [4.69, 9.17) is 37.9 Å². The Labute approximate surface area is 444 Å². The van der Waals surface area contributed by atoms with Gasteiger partial charge in [-0.1, -0.05) is 12.1 Å². The minimum Gasteiger partial charge on any atom is -0.571 e. The van der Waals surface area contributed by atoms with E-state index in [9.17, 15) is 96.4 Å². The van der Waals surface area contributed by atoms with Crippen LogP contribution in [0.3, 0.4) is 0 Å². The van der Waals surface area contributed by atoms with Crippen LogP contribution in [0.5, 0.6) is 57.5 Å². The topological polar surface area (TPSA) is 465 Å². The Morgan fingerprint density at radius 2 is 0.975 bits per heavy atom. The van der Waals surface area contributed by atoms with E-state index in [0.717, 1.165) is 54.6 Å². The fraction of sp³-hybridized carbons (Fsp3) is 0.373. The summed E-state index contributed by atoms with van der Waals surface area (Å²) in [5, 5.41) is 179. The van der Waals surface area contributed by atoms with Crippen LogP contribution >= 0.6 is 0 Å². The highest BCUT2D eigenvalue weighted by atomic mass is 16.7. The number of aliphatic hydroxyl groups is 11. The molecule has 4 aliphatic rings. The van der Waals surface area contributed by atoms with Crippen molar-refractivity contribution in [2.75, 3.05) is 19.8 Å². The van der Waals surface area contributed by atoms with E-state index < -0.39 is 182 Å². The molecule has 4 heterocycles. The van der Waals surface area contributed by atoms with Crippen molar-refractivity contribution in [1.82, 2.24) is 0 Å². The van der Waals surface area contributed by atoms with Crippen molar-refractivity contribution < 1.29 is 139 Å². The zero-order valence-corrected chi connectivity index (χ0v) is 40.7. The fourth-order valence-corrected chi connectivity index (χ4v) is 8.46. The SMILES string of the molecule is O=C(C=Cc1ccc(O)c(O)c1)OCC1OC(Oc2cc(C3[OH+]c4cc(O)cc(OC5OC(COC(=O)C=Cc6ccc(O)c(O)c6)C(O)C(O)C5O)c4C=C3OC3OC(CO)C(O)C(O)C3O)cc(O)c2O)C(O)C(O)C1O. The third kappa shape index (κ3) is 12.8. The molecule has 0 amide bonds. The predicted molar refractivity (Wildman–Crippen MR) is 259 cm³/mol. The lowest BCUT2D eigenvalue weighted by Crippen LogP contribution is -2.60. The second kappa shape index (κ2) is 24.1. The summed E-state index contributed by atoms with van der Waals surface area (Å²) in [6, 6.07) is 11.5. The van der Waals surface area contributed by atoms with Gasteiger partial charge in [-0.3, -0.25) is 0 Å². The molecule has 4 aliphatic heterocycles. The molecule has 0 bridgehead atoms. The van der Waals surface area contributed by atoms with E-state index >= 15 is 0 Å². The van der Waals surface area contributed by atoms with Gasteiger partial charge < -0.3 is 129 Å². The molecule has 0 saturated carbocycles. The summed E-state index contributed by atoms with van der Waals surface area (Å²) in [4.78, 5) is 25.2. The van der Waals surface area contributed by atoms with E-state index in [1.54, 1.807) is 0 Å². The number of aliphatic hydroxyl groups excluding tert-OH is 10. The zero-order chi connectivity index (χ0) is 57.1. The van der Waals surface area contributed by atoms with E-state index in [1.807, 2.05) is 0 Å². The van der Waals surface area contributed by atoms with Gasteiger partial charge in [0.1, 0.15) is 104 Å². The first-order chi connectivity index (χ1) is 37.5. The number of carbonyl (C=O) groups is 2. The summed E-state index contributed by atoms with van der Waals surface area (Å²) >= 11 is 0. The number of hydrogen-bond donors (Lipinski definition) is 17. The molecule has 18 N–H and O–H groups in total. The number of phenols is 7. The van der Waals surface area contributed by atoms with Crippen molar-refractivity contribution in [3.63, 3.8) is 0 Å².